The van der Waals surface area contributed by atoms with Gasteiger partial charge in [0.25, 0.3) is 0 Å². The van der Waals surface area contributed by atoms with Crippen molar-refractivity contribution in [1.29, 1.82) is 0 Å². The van der Waals surface area contributed by atoms with Crippen molar-refractivity contribution in [3.8, 4) is 11.1 Å². The number of anilines is 1. The van der Waals surface area contributed by atoms with Crippen LogP contribution in [0.5, 0.6) is 0 Å². The number of hydrogen-bond acceptors (Lipinski definition) is 3. The molecule has 0 spiro atoms. The lowest BCUT2D eigenvalue weighted by Gasteiger charge is -2.33. The highest BCUT2D eigenvalue weighted by Gasteiger charge is 2.33. The summed E-state index contributed by atoms with van der Waals surface area (Å²) in [6.07, 6.45) is 4.49. The molecule has 5 heteroatoms. The van der Waals surface area contributed by atoms with Crippen LogP contribution in [0.4, 0.5) is 5.69 Å². The molecular weight excluding hydrogens is 348 g/mol. The predicted molar refractivity (Wildman–Crippen MR) is 109 cm³/mol. The maximum atomic E-state index is 13.4. The first-order chi connectivity index (χ1) is 13.7. The Labute approximate surface area is 165 Å². The number of amides is 1. The van der Waals surface area contributed by atoms with Gasteiger partial charge in [-0.25, -0.2) is 0 Å². The van der Waals surface area contributed by atoms with Crippen molar-refractivity contribution in [3.63, 3.8) is 0 Å². The van der Waals surface area contributed by atoms with Crippen molar-refractivity contribution in [1.82, 2.24) is 15.0 Å². The van der Waals surface area contributed by atoms with E-state index in [1.54, 1.807) is 0 Å². The summed E-state index contributed by atoms with van der Waals surface area (Å²) >= 11 is 0. The summed E-state index contributed by atoms with van der Waals surface area (Å²) in [5.74, 6) is 0.268. The summed E-state index contributed by atoms with van der Waals surface area (Å²) in [4.78, 5) is 15.4. The van der Waals surface area contributed by atoms with E-state index >= 15 is 0 Å². The van der Waals surface area contributed by atoms with E-state index in [9.17, 15) is 4.79 Å². The van der Waals surface area contributed by atoms with Crippen LogP contribution >= 0.6 is 0 Å². The van der Waals surface area contributed by atoms with E-state index in [0.29, 0.717) is 0 Å². The molecule has 0 saturated heterocycles. The molecule has 2 aliphatic rings. The molecule has 5 nitrogen and oxygen atoms in total. The zero-order valence-corrected chi connectivity index (χ0v) is 16.1. The molecule has 1 unspecified atom stereocenters. The van der Waals surface area contributed by atoms with Crippen LogP contribution in [0.3, 0.4) is 0 Å². The molecule has 0 N–H and O–H groups in total. The monoisotopic (exact) mass is 372 g/mol. The highest BCUT2D eigenvalue weighted by atomic mass is 16.2. The lowest BCUT2D eigenvalue weighted by molar-refractivity contribution is -0.122. The SMILES string of the molecule is Cn1nnc2c1CC(C(=O)N1CCCc3cc(-c4ccccc4)ccc31)CC2. The fourth-order valence-corrected chi connectivity index (χ4v) is 4.58. The Hall–Kier alpha value is -2.95. The summed E-state index contributed by atoms with van der Waals surface area (Å²) in [5, 5.41) is 8.35. The average Bonchev–Trinajstić information content (AvgIpc) is 3.13. The number of carbonyl (C=O) groups excluding carboxylic acids is 1. The second kappa shape index (κ2) is 6.89. The first-order valence-electron chi connectivity index (χ1n) is 10.1. The number of benzene rings is 2. The Morgan fingerprint density at radius 1 is 1.07 bits per heavy atom. The average molecular weight is 372 g/mol. The highest BCUT2D eigenvalue weighted by molar-refractivity contribution is 5.96. The second-order valence-electron chi connectivity index (χ2n) is 7.85. The summed E-state index contributed by atoms with van der Waals surface area (Å²) < 4.78 is 1.82. The molecule has 142 valence electrons. The van der Waals surface area contributed by atoms with Crippen LogP contribution in [0.25, 0.3) is 11.1 Å². The summed E-state index contributed by atoms with van der Waals surface area (Å²) in [6, 6.07) is 17.0. The maximum absolute atomic E-state index is 13.4. The van der Waals surface area contributed by atoms with Crippen molar-refractivity contribution < 1.29 is 4.79 Å². The number of aromatic nitrogens is 3. The quantitative estimate of drug-likeness (QED) is 0.691. The summed E-state index contributed by atoms with van der Waals surface area (Å²) in [5.41, 5.74) is 6.97. The van der Waals surface area contributed by atoms with Crippen LogP contribution in [0.15, 0.2) is 48.5 Å². The Bertz CT molecular complexity index is 1020. The van der Waals surface area contributed by atoms with Crippen molar-refractivity contribution in [3.05, 3.63) is 65.5 Å². The number of carbonyl (C=O) groups is 1. The van der Waals surface area contributed by atoms with E-state index in [0.717, 1.165) is 55.7 Å². The molecule has 0 saturated carbocycles. The van der Waals surface area contributed by atoms with Gasteiger partial charge < -0.3 is 4.90 Å². The molecule has 28 heavy (non-hydrogen) atoms. The number of aryl methyl sites for hydroxylation is 3. The van der Waals surface area contributed by atoms with Gasteiger partial charge in [0, 0.05) is 31.6 Å². The van der Waals surface area contributed by atoms with Gasteiger partial charge in [0.2, 0.25) is 5.91 Å². The first-order valence-corrected chi connectivity index (χ1v) is 10.1. The largest absolute Gasteiger partial charge is 0.312 e. The number of fused-ring (bicyclic) bond motifs is 2. The third-order valence-electron chi connectivity index (χ3n) is 6.11. The first kappa shape index (κ1) is 17.2. The van der Waals surface area contributed by atoms with Gasteiger partial charge in [0.1, 0.15) is 0 Å². The zero-order valence-electron chi connectivity index (χ0n) is 16.1. The fourth-order valence-electron chi connectivity index (χ4n) is 4.58. The molecule has 2 aromatic carbocycles. The van der Waals surface area contributed by atoms with E-state index in [-0.39, 0.29) is 11.8 Å². The smallest absolute Gasteiger partial charge is 0.230 e. The molecule has 0 radical (unpaired) electrons. The topological polar surface area (TPSA) is 51.0 Å². The molecular formula is C23H24N4O. The van der Waals surface area contributed by atoms with Gasteiger partial charge in [-0.05, 0) is 54.5 Å². The maximum Gasteiger partial charge on any atom is 0.230 e. The van der Waals surface area contributed by atoms with Crippen LogP contribution in [0.1, 0.15) is 29.8 Å². The molecule has 3 aromatic rings. The molecule has 1 atom stereocenters. The Morgan fingerprint density at radius 3 is 2.79 bits per heavy atom. The van der Waals surface area contributed by atoms with Crippen molar-refractivity contribution in [2.75, 3.05) is 11.4 Å². The molecule has 1 aromatic heterocycles. The Kier molecular flexibility index (Phi) is 4.23. The van der Waals surface area contributed by atoms with Gasteiger partial charge in [-0.15, -0.1) is 5.10 Å². The Balaban J connectivity index is 1.42. The highest BCUT2D eigenvalue weighted by Crippen LogP contribution is 2.34. The van der Waals surface area contributed by atoms with Gasteiger partial charge in [-0.3, -0.25) is 9.48 Å². The normalized spacial score (nSPS) is 18.5. The van der Waals surface area contributed by atoms with Gasteiger partial charge in [0.15, 0.2) is 0 Å². The van der Waals surface area contributed by atoms with E-state index < -0.39 is 0 Å². The summed E-state index contributed by atoms with van der Waals surface area (Å²) in [7, 11) is 1.92. The van der Waals surface area contributed by atoms with E-state index in [4.69, 9.17) is 0 Å². The lowest BCUT2D eigenvalue weighted by Crippen LogP contribution is -2.41. The number of rotatable bonds is 2. The van der Waals surface area contributed by atoms with Crippen molar-refractivity contribution in [2.24, 2.45) is 13.0 Å². The summed E-state index contributed by atoms with van der Waals surface area (Å²) in [6.45, 7) is 0.809. The number of nitrogens with zero attached hydrogens (tertiary/aromatic N) is 4. The minimum Gasteiger partial charge on any atom is -0.312 e. The molecule has 1 aliphatic heterocycles. The molecule has 1 amide bonds. The van der Waals surface area contributed by atoms with Crippen molar-refractivity contribution >= 4 is 11.6 Å². The van der Waals surface area contributed by atoms with Crippen molar-refractivity contribution in [2.45, 2.75) is 32.1 Å². The van der Waals surface area contributed by atoms with E-state index in [1.807, 2.05) is 22.7 Å². The minimum absolute atomic E-state index is 0.0180. The second-order valence-corrected chi connectivity index (χ2v) is 7.85. The van der Waals surface area contributed by atoms with E-state index in [1.165, 1.54) is 16.7 Å². The van der Waals surface area contributed by atoms with Gasteiger partial charge in [-0.2, -0.15) is 0 Å². The predicted octanol–water partition coefficient (Wildman–Crippen LogP) is 3.57. The molecule has 0 fully saturated rings. The molecule has 1 aliphatic carbocycles. The van der Waals surface area contributed by atoms with Crippen LogP contribution in [-0.4, -0.2) is 27.4 Å². The lowest BCUT2D eigenvalue weighted by atomic mass is 9.87. The van der Waals surface area contributed by atoms with Crippen LogP contribution in [0.2, 0.25) is 0 Å². The van der Waals surface area contributed by atoms with Crippen LogP contribution in [0, 0.1) is 5.92 Å². The van der Waals surface area contributed by atoms with Crippen LogP contribution in [-0.2, 0) is 31.1 Å². The number of hydrogen-bond donors (Lipinski definition) is 0. The molecule has 0 bridgehead atoms. The molecule has 5 rings (SSSR count). The molecule has 2 heterocycles. The third kappa shape index (κ3) is 2.91. The van der Waals surface area contributed by atoms with E-state index in [2.05, 4.69) is 52.8 Å². The van der Waals surface area contributed by atoms with Gasteiger partial charge in [-0.1, -0.05) is 41.6 Å². The van der Waals surface area contributed by atoms with Gasteiger partial charge in [0.05, 0.1) is 11.4 Å². The van der Waals surface area contributed by atoms with Gasteiger partial charge >= 0.3 is 0 Å². The minimum atomic E-state index is 0.0180. The third-order valence-corrected chi connectivity index (χ3v) is 6.11. The standard InChI is InChI=1S/C23H24N4O/c1-26-22-15-19(9-11-20(22)24-25-26)23(28)27-13-5-8-18-14-17(10-12-21(18)27)16-6-3-2-4-7-16/h2-4,6-7,10,12,14,19H,5,8-9,11,13,15H2,1H3. The Morgan fingerprint density at radius 2 is 1.93 bits per heavy atom. The fraction of sp³-hybridized carbons (Fsp3) is 0.348. The van der Waals surface area contributed by atoms with Crippen LogP contribution < -0.4 is 4.90 Å². The zero-order chi connectivity index (χ0) is 19.1.